The van der Waals surface area contributed by atoms with E-state index in [1.807, 2.05) is 6.20 Å². The third-order valence-electron chi connectivity index (χ3n) is 2.35. The van der Waals surface area contributed by atoms with Crippen molar-refractivity contribution in [3.8, 4) is 5.75 Å². The zero-order chi connectivity index (χ0) is 9.80. The molecule has 1 aromatic rings. The van der Waals surface area contributed by atoms with Crippen molar-refractivity contribution >= 4 is 11.8 Å². The maximum atomic E-state index is 5.76. The number of hydrogen-bond donors (Lipinski definition) is 0. The first-order chi connectivity index (χ1) is 6.88. The molecular formula is C11H15NOS. The Labute approximate surface area is 89.1 Å². The molecule has 1 aromatic heterocycles. The molecule has 0 amide bonds. The minimum Gasteiger partial charge on any atom is -0.489 e. The van der Waals surface area contributed by atoms with E-state index in [0.29, 0.717) is 6.10 Å². The maximum absolute atomic E-state index is 5.76. The summed E-state index contributed by atoms with van der Waals surface area (Å²) < 4.78 is 5.76. The van der Waals surface area contributed by atoms with E-state index in [9.17, 15) is 0 Å². The van der Waals surface area contributed by atoms with E-state index in [2.05, 4.69) is 18.0 Å². The molecule has 1 saturated carbocycles. The van der Waals surface area contributed by atoms with Gasteiger partial charge in [0.2, 0.25) is 0 Å². The van der Waals surface area contributed by atoms with Crippen LogP contribution in [-0.4, -0.2) is 16.8 Å². The van der Waals surface area contributed by atoms with Gasteiger partial charge >= 0.3 is 0 Å². The Bertz CT molecular complexity index is 299. The van der Waals surface area contributed by atoms with Crippen LogP contribution in [0.25, 0.3) is 0 Å². The Kier molecular flexibility index (Phi) is 3.30. The van der Waals surface area contributed by atoms with Crippen LogP contribution in [-0.2, 0) is 0 Å². The van der Waals surface area contributed by atoms with Gasteiger partial charge in [-0.3, -0.25) is 4.98 Å². The van der Waals surface area contributed by atoms with Crippen LogP contribution in [0.4, 0.5) is 0 Å². The van der Waals surface area contributed by atoms with Gasteiger partial charge in [-0.15, -0.1) is 11.8 Å². The van der Waals surface area contributed by atoms with E-state index in [1.165, 1.54) is 24.2 Å². The number of pyridine rings is 1. The molecule has 0 saturated heterocycles. The molecule has 0 unspecified atom stereocenters. The van der Waals surface area contributed by atoms with Crippen molar-refractivity contribution in [3.05, 3.63) is 18.5 Å². The summed E-state index contributed by atoms with van der Waals surface area (Å²) in [4.78, 5) is 5.37. The molecule has 0 N–H and O–H groups in total. The third kappa shape index (κ3) is 2.41. The minimum absolute atomic E-state index is 0.443. The first kappa shape index (κ1) is 9.84. The molecule has 1 aliphatic rings. The maximum Gasteiger partial charge on any atom is 0.139 e. The second-order valence-corrected chi connectivity index (χ2v) is 4.80. The Balaban J connectivity index is 1.97. The lowest BCUT2D eigenvalue weighted by molar-refractivity contribution is 0.119. The van der Waals surface area contributed by atoms with Gasteiger partial charge in [-0.1, -0.05) is 6.92 Å². The van der Waals surface area contributed by atoms with Gasteiger partial charge in [-0.25, -0.2) is 0 Å². The number of hydrogen-bond acceptors (Lipinski definition) is 3. The molecule has 0 aliphatic heterocycles. The molecule has 0 bridgehead atoms. The van der Waals surface area contributed by atoms with Crippen molar-refractivity contribution in [2.75, 3.05) is 5.75 Å². The average molecular weight is 209 g/mol. The van der Waals surface area contributed by atoms with Crippen molar-refractivity contribution < 1.29 is 4.74 Å². The Morgan fingerprint density at radius 3 is 3.00 bits per heavy atom. The monoisotopic (exact) mass is 209 g/mol. The zero-order valence-electron chi connectivity index (χ0n) is 8.40. The van der Waals surface area contributed by atoms with Crippen LogP contribution < -0.4 is 4.74 Å². The highest BCUT2D eigenvalue weighted by molar-refractivity contribution is 7.99. The van der Waals surface area contributed by atoms with Crippen molar-refractivity contribution in [1.82, 2.24) is 4.98 Å². The van der Waals surface area contributed by atoms with Crippen molar-refractivity contribution in [1.29, 1.82) is 0 Å². The van der Waals surface area contributed by atoms with E-state index >= 15 is 0 Å². The molecule has 2 rings (SSSR count). The highest BCUT2D eigenvalue weighted by Gasteiger charge is 2.19. The molecule has 76 valence electrons. The minimum atomic E-state index is 0.443. The van der Waals surface area contributed by atoms with Gasteiger partial charge in [0, 0.05) is 11.1 Å². The van der Waals surface area contributed by atoms with Crippen LogP contribution in [0.5, 0.6) is 5.75 Å². The number of thioether (sulfide) groups is 1. The fourth-order valence-electron chi connectivity index (χ4n) is 1.39. The molecule has 3 heteroatoms. The molecule has 1 heterocycles. The Hall–Kier alpha value is -0.700. The topological polar surface area (TPSA) is 22.1 Å². The Morgan fingerprint density at radius 1 is 1.50 bits per heavy atom. The van der Waals surface area contributed by atoms with Crippen LogP contribution in [0, 0.1) is 0 Å². The average Bonchev–Trinajstić information content (AvgIpc) is 2.13. The highest BCUT2D eigenvalue weighted by atomic mass is 32.2. The summed E-state index contributed by atoms with van der Waals surface area (Å²) in [6.45, 7) is 2.14. The lowest BCUT2D eigenvalue weighted by Gasteiger charge is -2.26. The van der Waals surface area contributed by atoms with Gasteiger partial charge in [0.05, 0.1) is 12.3 Å². The van der Waals surface area contributed by atoms with Gasteiger partial charge in [0.1, 0.15) is 5.75 Å². The van der Waals surface area contributed by atoms with Crippen molar-refractivity contribution in [2.45, 2.75) is 37.2 Å². The van der Waals surface area contributed by atoms with E-state index < -0.39 is 0 Å². The summed E-state index contributed by atoms with van der Waals surface area (Å²) in [5, 5.41) is 0. The van der Waals surface area contributed by atoms with Gasteiger partial charge in [0.15, 0.2) is 0 Å². The summed E-state index contributed by atoms with van der Waals surface area (Å²) in [6, 6.07) is 2.08. The van der Waals surface area contributed by atoms with Gasteiger partial charge in [-0.05, 0) is 31.1 Å². The largest absolute Gasteiger partial charge is 0.489 e. The lowest BCUT2D eigenvalue weighted by atomic mass is 9.96. The summed E-state index contributed by atoms with van der Waals surface area (Å²) in [5.74, 6) is 2.00. The van der Waals surface area contributed by atoms with Gasteiger partial charge < -0.3 is 4.74 Å². The second-order valence-electron chi connectivity index (χ2n) is 3.46. The molecule has 0 radical (unpaired) electrons. The predicted octanol–water partition coefficient (Wildman–Crippen LogP) is 3.12. The first-order valence-corrected chi connectivity index (χ1v) is 6.11. The zero-order valence-corrected chi connectivity index (χ0v) is 9.22. The highest BCUT2D eigenvalue weighted by Crippen LogP contribution is 2.27. The molecular weight excluding hydrogens is 194 g/mol. The third-order valence-corrected chi connectivity index (χ3v) is 3.20. The van der Waals surface area contributed by atoms with Crippen LogP contribution >= 0.6 is 11.8 Å². The van der Waals surface area contributed by atoms with Crippen LogP contribution in [0.3, 0.4) is 0 Å². The lowest BCUT2D eigenvalue weighted by Crippen LogP contribution is -2.24. The summed E-state index contributed by atoms with van der Waals surface area (Å²) in [5.41, 5.74) is 0. The molecule has 0 atom stereocenters. The smallest absolute Gasteiger partial charge is 0.139 e. The van der Waals surface area contributed by atoms with Crippen LogP contribution in [0.2, 0.25) is 0 Å². The molecule has 2 nitrogen and oxygen atoms in total. The van der Waals surface area contributed by atoms with Crippen molar-refractivity contribution in [3.63, 3.8) is 0 Å². The quantitative estimate of drug-likeness (QED) is 0.711. The molecule has 0 spiro atoms. The predicted molar refractivity (Wildman–Crippen MR) is 58.9 cm³/mol. The van der Waals surface area contributed by atoms with E-state index in [1.54, 1.807) is 18.0 Å². The summed E-state index contributed by atoms with van der Waals surface area (Å²) >= 11 is 1.80. The fraction of sp³-hybridized carbons (Fsp3) is 0.545. The molecule has 1 aliphatic carbocycles. The summed E-state index contributed by atoms with van der Waals surface area (Å²) in [7, 11) is 0. The van der Waals surface area contributed by atoms with E-state index in [-0.39, 0.29) is 0 Å². The molecule has 1 fully saturated rings. The van der Waals surface area contributed by atoms with Crippen LogP contribution in [0.1, 0.15) is 26.2 Å². The van der Waals surface area contributed by atoms with Gasteiger partial charge in [-0.2, -0.15) is 0 Å². The van der Waals surface area contributed by atoms with E-state index in [4.69, 9.17) is 4.74 Å². The number of nitrogens with zero attached hydrogens (tertiary/aromatic N) is 1. The second kappa shape index (κ2) is 4.69. The van der Waals surface area contributed by atoms with Crippen molar-refractivity contribution in [2.24, 2.45) is 0 Å². The van der Waals surface area contributed by atoms with Gasteiger partial charge in [0.25, 0.3) is 0 Å². The molecule has 14 heavy (non-hydrogen) atoms. The fourth-order valence-corrected chi connectivity index (χ4v) is 2.06. The normalized spacial score (nSPS) is 16.4. The number of rotatable bonds is 4. The number of ether oxygens (including phenoxy) is 1. The Morgan fingerprint density at radius 2 is 2.36 bits per heavy atom. The standard InChI is InChI=1S/C11H15NOS/c1-2-14-11-6-10(7-12-8-11)13-9-4-3-5-9/h6-9H,2-5H2,1H3. The van der Waals surface area contributed by atoms with E-state index in [0.717, 1.165) is 11.5 Å². The summed E-state index contributed by atoms with van der Waals surface area (Å²) in [6.07, 6.45) is 7.84. The SMILES string of the molecule is CCSc1cncc(OC2CCC2)c1. The molecule has 0 aromatic carbocycles. The van der Waals surface area contributed by atoms with Crippen LogP contribution in [0.15, 0.2) is 23.4 Å². The first-order valence-electron chi connectivity index (χ1n) is 5.13. The number of aromatic nitrogens is 1.